The zero-order chi connectivity index (χ0) is 27.7. The lowest BCUT2D eigenvalue weighted by Crippen LogP contribution is -2.37. The highest BCUT2D eigenvalue weighted by atomic mass is 31.2. The highest BCUT2D eigenvalue weighted by Crippen LogP contribution is 2.50. The van der Waals surface area contributed by atoms with Gasteiger partial charge in [-0.15, -0.1) is 0 Å². The van der Waals surface area contributed by atoms with E-state index in [1.165, 1.54) is 51.4 Å². The molecule has 6 N–H and O–H groups in total. The molecule has 0 rings (SSSR count). The third kappa shape index (κ3) is 26.1. The molecule has 0 saturated heterocycles. The van der Waals surface area contributed by atoms with Gasteiger partial charge in [-0.3, -0.25) is 0 Å². The molecule has 0 aliphatic heterocycles. The molecule has 9 nitrogen and oxygen atoms in total. The van der Waals surface area contributed by atoms with E-state index in [9.17, 15) is 0 Å². The summed E-state index contributed by atoms with van der Waals surface area (Å²) in [5.41, 5.74) is -1.11. The molecular formula is C25H56O9P2. The van der Waals surface area contributed by atoms with Gasteiger partial charge >= 0.3 is 17.2 Å². The van der Waals surface area contributed by atoms with Gasteiger partial charge in [-0.1, -0.05) is 91.9 Å². The van der Waals surface area contributed by atoms with E-state index in [0.717, 1.165) is 37.5 Å². The van der Waals surface area contributed by atoms with Gasteiger partial charge in [-0.2, -0.15) is 0 Å². The van der Waals surface area contributed by atoms with Crippen LogP contribution in [0.4, 0.5) is 0 Å². The summed E-state index contributed by atoms with van der Waals surface area (Å²) in [6.45, 7) is 8.53. The number of aliphatic hydroxyl groups excluding tert-OH is 4. The van der Waals surface area contributed by atoms with Crippen LogP contribution in [0, 0.1) is 17.3 Å². The van der Waals surface area contributed by atoms with Crippen molar-refractivity contribution >= 4 is 17.2 Å². The zero-order valence-electron chi connectivity index (χ0n) is 23.2. The van der Waals surface area contributed by atoms with Crippen LogP contribution in [0.1, 0.15) is 105 Å². The van der Waals surface area contributed by atoms with Gasteiger partial charge in [0.05, 0.1) is 45.1 Å². The third-order valence-electron chi connectivity index (χ3n) is 5.73. The number of rotatable bonds is 24. The van der Waals surface area contributed by atoms with E-state index in [4.69, 9.17) is 43.6 Å². The van der Waals surface area contributed by atoms with Crippen LogP contribution in [-0.2, 0) is 13.4 Å². The van der Waals surface area contributed by atoms with Crippen LogP contribution >= 0.6 is 17.2 Å². The van der Waals surface area contributed by atoms with E-state index in [0.29, 0.717) is 13.2 Å². The monoisotopic (exact) mass is 562 g/mol. The Kier molecular flexibility index (Phi) is 29.1. The van der Waals surface area contributed by atoms with Crippen molar-refractivity contribution in [1.82, 2.24) is 0 Å². The Hall–Kier alpha value is 0.500. The van der Waals surface area contributed by atoms with Crippen LogP contribution in [-0.4, -0.2) is 69.9 Å². The van der Waals surface area contributed by atoms with Gasteiger partial charge in [-0.25, -0.2) is 4.31 Å². The first-order valence-corrected chi connectivity index (χ1v) is 15.8. The molecule has 0 heterocycles. The summed E-state index contributed by atoms with van der Waals surface area (Å²) < 4.78 is 16.2. The predicted molar refractivity (Wildman–Crippen MR) is 147 cm³/mol. The van der Waals surface area contributed by atoms with Gasteiger partial charge in [0, 0.05) is 0 Å². The molecule has 0 aliphatic carbocycles. The SMILES string of the molecule is CC(C)CCCCCCCOP(OCCCCCCCC(C)C)OP(O)O.OCC(CO)(CO)CO. The summed E-state index contributed by atoms with van der Waals surface area (Å²) in [6.07, 6.45) is 14.4. The van der Waals surface area contributed by atoms with Crippen molar-refractivity contribution in [1.29, 1.82) is 0 Å². The average molecular weight is 563 g/mol. The molecule has 11 heteroatoms. The van der Waals surface area contributed by atoms with Gasteiger partial charge in [0.1, 0.15) is 0 Å². The molecule has 0 atom stereocenters. The van der Waals surface area contributed by atoms with E-state index in [1.807, 2.05) is 0 Å². The van der Waals surface area contributed by atoms with Crippen LogP contribution < -0.4 is 0 Å². The lowest BCUT2D eigenvalue weighted by atomic mass is 9.93. The van der Waals surface area contributed by atoms with Crippen LogP contribution in [0.25, 0.3) is 0 Å². The van der Waals surface area contributed by atoms with Gasteiger partial charge in [-0.05, 0) is 24.7 Å². The fraction of sp³-hybridized carbons (Fsp3) is 1.00. The number of hydrogen-bond acceptors (Lipinski definition) is 9. The number of unbranched alkanes of at least 4 members (excludes halogenated alkanes) is 8. The minimum atomic E-state index is -2.44. The molecule has 220 valence electrons. The van der Waals surface area contributed by atoms with Gasteiger partial charge in [0.2, 0.25) is 0 Å². The molecule has 0 spiro atoms. The zero-order valence-corrected chi connectivity index (χ0v) is 25.0. The second-order valence-corrected chi connectivity index (χ2v) is 12.4. The number of aliphatic hydroxyl groups is 4. The van der Waals surface area contributed by atoms with E-state index in [2.05, 4.69) is 27.7 Å². The molecular weight excluding hydrogens is 506 g/mol. The Morgan fingerprint density at radius 3 is 1.17 bits per heavy atom. The average Bonchev–Trinajstić information content (AvgIpc) is 2.83. The fourth-order valence-corrected chi connectivity index (χ4v) is 4.58. The van der Waals surface area contributed by atoms with Crippen LogP contribution in [0.2, 0.25) is 0 Å². The molecule has 0 bridgehead atoms. The minimum Gasteiger partial charge on any atom is -0.396 e. The maximum Gasteiger partial charge on any atom is 0.339 e. The van der Waals surface area contributed by atoms with Crippen molar-refractivity contribution in [3.8, 4) is 0 Å². The second-order valence-electron chi connectivity index (χ2n) is 10.3. The smallest absolute Gasteiger partial charge is 0.339 e. The maximum atomic E-state index is 9.07. The quantitative estimate of drug-likeness (QED) is 0.0671. The van der Waals surface area contributed by atoms with E-state index in [-0.39, 0.29) is 0 Å². The molecule has 0 radical (unpaired) electrons. The van der Waals surface area contributed by atoms with E-state index >= 15 is 0 Å². The molecule has 0 unspecified atom stereocenters. The van der Waals surface area contributed by atoms with Gasteiger partial charge in [0.25, 0.3) is 0 Å². The lowest BCUT2D eigenvalue weighted by Gasteiger charge is -2.23. The molecule has 0 aromatic rings. The first kappa shape index (κ1) is 38.6. The Morgan fingerprint density at radius 1 is 0.556 bits per heavy atom. The number of hydrogen-bond donors (Lipinski definition) is 6. The highest BCUT2D eigenvalue weighted by Gasteiger charge is 2.26. The predicted octanol–water partition coefficient (Wildman–Crippen LogP) is 5.41. The molecule has 0 aromatic heterocycles. The van der Waals surface area contributed by atoms with Crippen molar-refractivity contribution in [3.05, 3.63) is 0 Å². The van der Waals surface area contributed by atoms with Gasteiger partial charge < -0.3 is 39.3 Å². The molecule has 0 amide bonds. The normalized spacial score (nSPS) is 12.2. The van der Waals surface area contributed by atoms with E-state index in [1.54, 1.807) is 0 Å². The summed E-state index contributed by atoms with van der Waals surface area (Å²) in [4.78, 5) is 18.1. The molecule has 0 saturated carbocycles. The second kappa shape index (κ2) is 27.1. The van der Waals surface area contributed by atoms with Crippen molar-refractivity contribution in [2.24, 2.45) is 17.3 Å². The van der Waals surface area contributed by atoms with Crippen molar-refractivity contribution in [3.63, 3.8) is 0 Å². The summed E-state index contributed by atoms with van der Waals surface area (Å²) >= 11 is 0. The standard InChI is InChI=1S/C20H44O5P2.C5H12O4/c1-19(2)15-11-7-5-9-13-17-23-27(25-26(21)22)24-18-14-10-6-8-12-16-20(3)4;6-1-5(2-7,3-8)4-9/h19-22H,5-18H2,1-4H3;6-9H,1-4H2. The van der Waals surface area contributed by atoms with Crippen molar-refractivity contribution in [2.45, 2.75) is 105 Å². The highest BCUT2D eigenvalue weighted by molar-refractivity contribution is 7.54. The summed E-state index contributed by atoms with van der Waals surface area (Å²) in [7, 11) is -4.08. The lowest BCUT2D eigenvalue weighted by molar-refractivity contribution is -0.0328. The fourth-order valence-electron chi connectivity index (χ4n) is 3.09. The molecule has 36 heavy (non-hydrogen) atoms. The Morgan fingerprint density at radius 2 is 0.889 bits per heavy atom. The minimum absolute atomic E-state index is 0.406. The summed E-state index contributed by atoms with van der Waals surface area (Å²) in [5, 5.41) is 34.0. The first-order chi connectivity index (χ1) is 17.2. The van der Waals surface area contributed by atoms with Crippen LogP contribution in [0.5, 0.6) is 0 Å². The summed E-state index contributed by atoms with van der Waals surface area (Å²) in [5.74, 6) is 1.58. The van der Waals surface area contributed by atoms with Gasteiger partial charge in [0.15, 0.2) is 0 Å². The molecule has 0 aromatic carbocycles. The van der Waals surface area contributed by atoms with Crippen LogP contribution in [0.3, 0.4) is 0 Å². The van der Waals surface area contributed by atoms with Crippen molar-refractivity contribution in [2.75, 3.05) is 39.6 Å². The third-order valence-corrected chi connectivity index (χ3v) is 7.63. The largest absolute Gasteiger partial charge is 0.396 e. The Bertz CT molecular complexity index is 398. The molecule has 0 fully saturated rings. The van der Waals surface area contributed by atoms with Crippen LogP contribution in [0.15, 0.2) is 0 Å². The van der Waals surface area contributed by atoms with E-state index < -0.39 is 49.0 Å². The molecule has 0 aliphatic rings. The topological polar surface area (TPSA) is 149 Å². The maximum absolute atomic E-state index is 9.07. The van der Waals surface area contributed by atoms with Crippen molar-refractivity contribution < 1.29 is 43.6 Å². The Labute approximate surface area is 222 Å². The summed E-state index contributed by atoms with van der Waals surface area (Å²) in [6, 6.07) is 0. The first-order valence-electron chi connectivity index (χ1n) is 13.5. The Balaban J connectivity index is 0.